The Bertz CT molecular complexity index is 1820. The van der Waals surface area contributed by atoms with E-state index in [9.17, 15) is 35.9 Å². The highest BCUT2D eigenvalue weighted by atomic mass is 19.4. The Balaban J connectivity index is 1.37. The van der Waals surface area contributed by atoms with Crippen molar-refractivity contribution in [3.63, 3.8) is 0 Å². The number of alkyl halides is 4. The van der Waals surface area contributed by atoms with E-state index in [0.717, 1.165) is 22.9 Å². The molecule has 3 atom stereocenters. The first-order valence-corrected chi connectivity index (χ1v) is 13.9. The normalized spacial score (nSPS) is 19.1. The van der Waals surface area contributed by atoms with Crippen LogP contribution in [0.15, 0.2) is 54.7 Å². The summed E-state index contributed by atoms with van der Waals surface area (Å²) >= 11 is 0. The molecule has 2 aliphatic rings. The summed E-state index contributed by atoms with van der Waals surface area (Å²) in [6.07, 6.45) is -3.81. The molecule has 6 rings (SSSR count). The van der Waals surface area contributed by atoms with Gasteiger partial charge in [-0.1, -0.05) is 12.1 Å². The molecule has 0 radical (unpaired) electrons. The maximum Gasteiger partial charge on any atom is 0.435 e. The van der Waals surface area contributed by atoms with E-state index in [4.69, 9.17) is 0 Å². The van der Waals surface area contributed by atoms with Crippen LogP contribution in [-0.2, 0) is 36.0 Å². The van der Waals surface area contributed by atoms with Gasteiger partial charge < -0.3 is 10.6 Å². The minimum absolute atomic E-state index is 0.00316. The van der Waals surface area contributed by atoms with Crippen LogP contribution in [0.5, 0.6) is 0 Å². The van der Waals surface area contributed by atoms with Gasteiger partial charge in [-0.3, -0.25) is 19.3 Å². The molecule has 4 aromatic rings. The lowest BCUT2D eigenvalue weighted by Crippen LogP contribution is -2.34. The summed E-state index contributed by atoms with van der Waals surface area (Å²) in [7, 11) is 1.33. The summed E-state index contributed by atoms with van der Waals surface area (Å²) in [5, 5.41) is 8.58. The summed E-state index contributed by atoms with van der Waals surface area (Å²) in [5.74, 6) is -4.68. The fourth-order valence-corrected chi connectivity index (χ4v) is 6.04. The lowest BCUT2D eigenvalue weighted by atomic mass is 9.94. The summed E-state index contributed by atoms with van der Waals surface area (Å²) in [5.41, 5.74) is -3.34. The number of carbonyl (C=O) groups excluding carboxylic acids is 2. The molecule has 45 heavy (non-hydrogen) atoms. The number of amides is 2. The summed E-state index contributed by atoms with van der Waals surface area (Å²) in [4.78, 5) is 30.0. The number of carbonyl (C=O) groups is 2. The molecular formula is C31H24F7N5O2. The smallest absolute Gasteiger partial charge is 0.355 e. The van der Waals surface area contributed by atoms with Crippen LogP contribution < -0.4 is 10.6 Å². The maximum absolute atomic E-state index is 15.1. The zero-order chi connectivity index (χ0) is 32.3. The second kappa shape index (κ2) is 11.0. The molecule has 2 aromatic heterocycles. The molecule has 0 spiro atoms. The van der Waals surface area contributed by atoms with Crippen molar-refractivity contribution in [1.82, 2.24) is 25.4 Å². The minimum Gasteiger partial charge on any atom is -0.355 e. The van der Waals surface area contributed by atoms with E-state index >= 15 is 4.39 Å². The second-order valence-corrected chi connectivity index (χ2v) is 11.1. The van der Waals surface area contributed by atoms with E-state index in [-0.39, 0.29) is 41.8 Å². The highest BCUT2D eigenvalue weighted by Gasteiger charge is 2.66. The Hall–Kier alpha value is -4.75. The molecule has 1 saturated carbocycles. The van der Waals surface area contributed by atoms with Crippen LogP contribution in [0.2, 0.25) is 0 Å². The maximum atomic E-state index is 15.1. The van der Waals surface area contributed by atoms with Gasteiger partial charge in [0, 0.05) is 42.0 Å². The van der Waals surface area contributed by atoms with E-state index in [0.29, 0.717) is 17.2 Å². The van der Waals surface area contributed by atoms with Gasteiger partial charge in [-0.25, -0.2) is 17.6 Å². The molecular weight excluding hydrogens is 607 g/mol. The van der Waals surface area contributed by atoms with Gasteiger partial charge in [0.1, 0.15) is 29.7 Å². The fourth-order valence-electron chi connectivity index (χ4n) is 6.04. The third-order valence-electron chi connectivity index (χ3n) is 8.12. The summed E-state index contributed by atoms with van der Waals surface area (Å²) in [6.45, 7) is -0.700. The lowest BCUT2D eigenvalue weighted by molar-refractivity contribution is -0.143. The average Bonchev–Trinajstić information content (AvgIpc) is 3.32. The predicted molar refractivity (Wildman–Crippen MR) is 146 cm³/mol. The second-order valence-electron chi connectivity index (χ2n) is 11.1. The van der Waals surface area contributed by atoms with Gasteiger partial charge in [0.15, 0.2) is 5.69 Å². The zero-order valence-electron chi connectivity index (χ0n) is 23.5. The summed E-state index contributed by atoms with van der Waals surface area (Å²) in [6, 6.07) is 8.52. The molecule has 7 nitrogen and oxygen atoms in total. The van der Waals surface area contributed by atoms with Gasteiger partial charge in [0.25, 0.3) is 5.91 Å². The Morgan fingerprint density at radius 2 is 1.82 bits per heavy atom. The van der Waals surface area contributed by atoms with Gasteiger partial charge in [-0.05, 0) is 60.7 Å². The number of benzene rings is 2. The number of halogens is 7. The SMILES string of the molecule is CNC(=O)c1cc(-c2cccnc2[C@H](Cc2cc(F)cc(F)c2)NC(=O)Cn2nc(C(F)(F)F)c3c2CC2CC32F)ccc1F. The Labute approximate surface area is 251 Å². The molecule has 234 valence electrons. The Morgan fingerprint density at radius 1 is 1.09 bits per heavy atom. The molecule has 2 aromatic carbocycles. The Kier molecular flexibility index (Phi) is 7.40. The van der Waals surface area contributed by atoms with Crippen molar-refractivity contribution < 1.29 is 40.3 Å². The monoisotopic (exact) mass is 631 g/mol. The molecule has 1 fully saturated rings. The van der Waals surface area contributed by atoms with Gasteiger partial charge in [-0.2, -0.15) is 18.3 Å². The van der Waals surface area contributed by atoms with E-state index in [1.54, 1.807) is 12.1 Å². The van der Waals surface area contributed by atoms with Gasteiger partial charge >= 0.3 is 6.18 Å². The Morgan fingerprint density at radius 3 is 2.51 bits per heavy atom. The van der Waals surface area contributed by atoms with Crippen LogP contribution in [0.3, 0.4) is 0 Å². The van der Waals surface area contributed by atoms with Crippen LogP contribution in [0.1, 0.15) is 51.0 Å². The lowest BCUT2D eigenvalue weighted by Gasteiger charge is -2.22. The van der Waals surface area contributed by atoms with Crippen molar-refractivity contribution in [3.05, 3.63) is 106 Å². The molecule has 2 amide bonds. The molecule has 0 saturated heterocycles. The van der Waals surface area contributed by atoms with Gasteiger partial charge in [0.2, 0.25) is 5.91 Å². The third-order valence-corrected chi connectivity index (χ3v) is 8.12. The zero-order valence-corrected chi connectivity index (χ0v) is 23.5. The topological polar surface area (TPSA) is 88.9 Å². The van der Waals surface area contributed by atoms with Crippen molar-refractivity contribution in [3.8, 4) is 11.1 Å². The third kappa shape index (κ3) is 5.64. The molecule has 0 aliphatic heterocycles. The minimum atomic E-state index is -4.93. The summed E-state index contributed by atoms with van der Waals surface area (Å²) < 4.78 is 99.9. The number of nitrogens with zero attached hydrogens (tertiary/aromatic N) is 3. The first-order chi connectivity index (χ1) is 21.3. The van der Waals surface area contributed by atoms with Crippen molar-refractivity contribution in [2.24, 2.45) is 5.92 Å². The van der Waals surface area contributed by atoms with E-state index in [1.807, 2.05) is 0 Å². The van der Waals surface area contributed by atoms with E-state index < -0.39 is 70.9 Å². The predicted octanol–water partition coefficient (Wildman–Crippen LogP) is 5.58. The molecule has 2 unspecified atom stereocenters. The van der Waals surface area contributed by atoms with Crippen LogP contribution in [0.4, 0.5) is 30.7 Å². The number of hydrogen-bond donors (Lipinski definition) is 2. The van der Waals surface area contributed by atoms with Crippen LogP contribution in [0.25, 0.3) is 11.1 Å². The average molecular weight is 632 g/mol. The highest BCUT2D eigenvalue weighted by molar-refractivity contribution is 5.95. The highest BCUT2D eigenvalue weighted by Crippen LogP contribution is 2.65. The number of pyridine rings is 1. The van der Waals surface area contributed by atoms with Crippen molar-refractivity contribution in [2.45, 2.75) is 43.7 Å². The number of nitrogens with one attached hydrogen (secondary N) is 2. The number of rotatable bonds is 8. The number of aromatic nitrogens is 3. The van der Waals surface area contributed by atoms with E-state index in [1.165, 1.54) is 25.4 Å². The van der Waals surface area contributed by atoms with Gasteiger partial charge in [-0.15, -0.1) is 0 Å². The fraction of sp³-hybridized carbons (Fsp3) is 0.290. The molecule has 2 heterocycles. The van der Waals surface area contributed by atoms with Crippen molar-refractivity contribution in [2.75, 3.05) is 7.05 Å². The first kappa shape index (κ1) is 30.3. The number of fused-ring (bicyclic) bond motifs is 3. The van der Waals surface area contributed by atoms with Gasteiger partial charge in [0.05, 0.1) is 17.3 Å². The molecule has 14 heteroatoms. The largest absolute Gasteiger partial charge is 0.435 e. The van der Waals surface area contributed by atoms with E-state index in [2.05, 4.69) is 20.7 Å². The molecule has 2 N–H and O–H groups in total. The van der Waals surface area contributed by atoms with Crippen LogP contribution in [-0.4, -0.2) is 33.6 Å². The van der Waals surface area contributed by atoms with Crippen molar-refractivity contribution >= 4 is 11.8 Å². The standard InChI is InChI=1S/C31H24F7N5O2/c1-39-29(45)21-10-16(4-5-22(21)34)20-3-2-6-40-27(20)23(9-15-7-18(32)12-19(33)8-15)41-25(44)14-43-24-11-17-13-30(17,35)26(24)28(42-43)31(36,37)38/h2-8,10,12,17,23H,9,11,13-14H2,1H3,(H,39,45)(H,41,44)/t17?,23-,30?/m0/s1. The van der Waals surface area contributed by atoms with Crippen LogP contribution >= 0.6 is 0 Å². The number of hydrogen-bond acceptors (Lipinski definition) is 4. The first-order valence-electron chi connectivity index (χ1n) is 13.9. The molecule has 2 aliphatic carbocycles. The van der Waals surface area contributed by atoms with Crippen molar-refractivity contribution in [1.29, 1.82) is 0 Å². The molecule has 0 bridgehead atoms. The van der Waals surface area contributed by atoms with Crippen LogP contribution in [0, 0.1) is 23.4 Å². The quantitative estimate of drug-likeness (QED) is 0.249.